The van der Waals surface area contributed by atoms with Gasteiger partial charge in [-0.05, 0) is 29.7 Å². The number of benzene rings is 2. The minimum absolute atomic E-state index is 0.147. The molecule has 2 heterocycles. The van der Waals surface area contributed by atoms with Crippen molar-refractivity contribution in [3.8, 4) is 11.5 Å². The van der Waals surface area contributed by atoms with Gasteiger partial charge in [-0.25, -0.2) is 8.42 Å². The molecule has 0 fully saturated rings. The maximum atomic E-state index is 12.8. The summed E-state index contributed by atoms with van der Waals surface area (Å²) in [5.41, 5.74) is 2.44. The van der Waals surface area contributed by atoms with E-state index in [2.05, 4.69) is 5.32 Å². The van der Waals surface area contributed by atoms with Crippen LogP contribution in [-0.4, -0.2) is 37.7 Å². The molecule has 0 spiro atoms. The largest absolute Gasteiger partial charge is 0.454 e. The van der Waals surface area contributed by atoms with E-state index in [1.165, 1.54) is 4.31 Å². The Morgan fingerprint density at radius 3 is 2.62 bits per heavy atom. The molecule has 0 saturated heterocycles. The molecule has 2 aliphatic heterocycles. The van der Waals surface area contributed by atoms with E-state index in [0.29, 0.717) is 23.6 Å². The zero-order chi connectivity index (χ0) is 18.3. The first-order chi connectivity index (χ1) is 12.4. The van der Waals surface area contributed by atoms with E-state index in [1.807, 2.05) is 24.3 Å². The summed E-state index contributed by atoms with van der Waals surface area (Å²) in [5.74, 6) is 0.799. The van der Waals surface area contributed by atoms with Gasteiger partial charge in [-0.1, -0.05) is 24.3 Å². The minimum atomic E-state index is -3.54. The molecule has 2 aliphatic rings. The molecule has 0 saturated carbocycles. The highest BCUT2D eigenvalue weighted by molar-refractivity contribution is 7.88. The van der Waals surface area contributed by atoms with Crippen molar-refractivity contribution < 1.29 is 22.7 Å². The minimum Gasteiger partial charge on any atom is -0.454 e. The number of nitrogens with zero attached hydrogens (tertiary/aromatic N) is 1. The van der Waals surface area contributed by atoms with E-state index in [1.54, 1.807) is 18.2 Å². The van der Waals surface area contributed by atoms with E-state index in [4.69, 9.17) is 9.47 Å². The molecule has 1 N–H and O–H groups in total. The predicted molar refractivity (Wildman–Crippen MR) is 95.5 cm³/mol. The number of carbonyl (C=O) groups excluding carboxylic acids is 1. The lowest BCUT2D eigenvalue weighted by atomic mass is 9.95. The van der Waals surface area contributed by atoms with E-state index in [9.17, 15) is 13.2 Å². The van der Waals surface area contributed by atoms with Gasteiger partial charge >= 0.3 is 0 Å². The lowest BCUT2D eigenvalue weighted by Gasteiger charge is -2.34. The highest BCUT2D eigenvalue weighted by Crippen LogP contribution is 2.34. The molecule has 0 radical (unpaired) electrons. The molecule has 1 atom stereocenters. The Kier molecular flexibility index (Phi) is 4.08. The summed E-state index contributed by atoms with van der Waals surface area (Å²) < 4.78 is 36.3. The molecule has 0 aromatic heterocycles. The number of hydrogen-bond acceptors (Lipinski definition) is 5. The van der Waals surface area contributed by atoms with Crippen molar-refractivity contribution in [3.63, 3.8) is 0 Å². The molecule has 0 bridgehead atoms. The maximum Gasteiger partial charge on any atom is 0.243 e. The van der Waals surface area contributed by atoms with Gasteiger partial charge in [0.15, 0.2) is 11.5 Å². The Labute approximate surface area is 151 Å². The molecule has 4 rings (SSSR count). The van der Waals surface area contributed by atoms with Crippen LogP contribution < -0.4 is 14.8 Å². The van der Waals surface area contributed by atoms with Gasteiger partial charge in [0, 0.05) is 18.3 Å². The first-order valence-corrected chi connectivity index (χ1v) is 10.0. The van der Waals surface area contributed by atoms with Crippen molar-refractivity contribution in [2.45, 2.75) is 19.0 Å². The molecule has 26 heavy (non-hydrogen) atoms. The van der Waals surface area contributed by atoms with E-state index in [0.717, 1.165) is 17.4 Å². The van der Waals surface area contributed by atoms with Gasteiger partial charge < -0.3 is 14.8 Å². The Morgan fingerprint density at radius 1 is 1.12 bits per heavy atom. The number of carbonyl (C=O) groups is 1. The molecule has 2 aromatic rings. The van der Waals surface area contributed by atoms with Crippen LogP contribution in [0.4, 0.5) is 5.69 Å². The number of amides is 1. The van der Waals surface area contributed by atoms with E-state index >= 15 is 0 Å². The molecule has 2 aromatic carbocycles. The van der Waals surface area contributed by atoms with Crippen molar-refractivity contribution >= 4 is 21.6 Å². The monoisotopic (exact) mass is 374 g/mol. The number of ether oxygens (including phenoxy) is 2. The lowest BCUT2D eigenvalue weighted by molar-refractivity contribution is -0.120. The molecule has 136 valence electrons. The third-order valence-corrected chi connectivity index (χ3v) is 5.81. The molecule has 0 aliphatic carbocycles. The van der Waals surface area contributed by atoms with Crippen LogP contribution in [-0.2, 0) is 27.8 Å². The number of sulfonamides is 1. The SMILES string of the molecule is CS(=O)(=O)N1Cc2ccccc2C[C@H]1C(=O)Nc1ccc2c(c1)OCO2. The predicted octanol–water partition coefficient (Wildman–Crippen LogP) is 1.74. The van der Waals surface area contributed by atoms with Crippen LogP contribution in [0.1, 0.15) is 11.1 Å². The first kappa shape index (κ1) is 16.9. The molecule has 7 nitrogen and oxygen atoms in total. The Morgan fingerprint density at radius 2 is 1.85 bits per heavy atom. The summed E-state index contributed by atoms with van der Waals surface area (Å²) in [6.45, 7) is 0.336. The zero-order valence-corrected chi connectivity index (χ0v) is 15.0. The average molecular weight is 374 g/mol. The molecular weight excluding hydrogens is 356 g/mol. The van der Waals surface area contributed by atoms with Crippen LogP contribution in [0.25, 0.3) is 0 Å². The van der Waals surface area contributed by atoms with E-state index in [-0.39, 0.29) is 19.2 Å². The Hall–Kier alpha value is -2.58. The maximum absolute atomic E-state index is 12.8. The smallest absolute Gasteiger partial charge is 0.243 e. The number of rotatable bonds is 3. The highest BCUT2D eigenvalue weighted by atomic mass is 32.2. The second-order valence-electron chi connectivity index (χ2n) is 6.35. The zero-order valence-electron chi connectivity index (χ0n) is 14.1. The fraction of sp³-hybridized carbons (Fsp3) is 0.278. The van der Waals surface area contributed by atoms with Crippen molar-refractivity contribution in [3.05, 3.63) is 53.6 Å². The Balaban J connectivity index is 1.61. The number of hydrogen-bond donors (Lipinski definition) is 1. The fourth-order valence-corrected chi connectivity index (χ4v) is 4.28. The van der Waals surface area contributed by atoms with Gasteiger partial charge in [0.1, 0.15) is 6.04 Å². The van der Waals surface area contributed by atoms with Crippen LogP contribution in [0.3, 0.4) is 0 Å². The number of nitrogens with one attached hydrogen (secondary N) is 1. The lowest BCUT2D eigenvalue weighted by Crippen LogP contribution is -2.50. The van der Waals surface area contributed by atoms with Crippen molar-refractivity contribution in [1.29, 1.82) is 0 Å². The topological polar surface area (TPSA) is 84.9 Å². The van der Waals surface area contributed by atoms with Crippen LogP contribution in [0.5, 0.6) is 11.5 Å². The second-order valence-corrected chi connectivity index (χ2v) is 8.29. The summed E-state index contributed by atoms with van der Waals surface area (Å²) in [7, 11) is -3.54. The molecule has 1 amide bonds. The number of anilines is 1. The van der Waals surface area contributed by atoms with Crippen LogP contribution in [0.2, 0.25) is 0 Å². The Bertz CT molecular complexity index is 973. The fourth-order valence-electron chi connectivity index (χ4n) is 3.27. The summed E-state index contributed by atoms with van der Waals surface area (Å²) in [6, 6.07) is 11.9. The van der Waals surface area contributed by atoms with Gasteiger partial charge in [-0.15, -0.1) is 0 Å². The van der Waals surface area contributed by atoms with Gasteiger partial charge in [0.25, 0.3) is 0 Å². The second kappa shape index (κ2) is 6.30. The number of fused-ring (bicyclic) bond motifs is 2. The summed E-state index contributed by atoms with van der Waals surface area (Å²) in [4.78, 5) is 12.8. The average Bonchev–Trinajstić information content (AvgIpc) is 3.07. The highest BCUT2D eigenvalue weighted by Gasteiger charge is 2.36. The first-order valence-electron chi connectivity index (χ1n) is 8.16. The molecular formula is C18H18N2O5S. The third kappa shape index (κ3) is 3.13. The van der Waals surface area contributed by atoms with Gasteiger partial charge in [0.05, 0.1) is 6.26 Å². The van der Waals surface area contributed by atoms with Crippen molar-refractivity contribution in [2.75, 3.05) is 18.4 Å². The third-order valence-electron chi connectivity index (χ3n) is 4.57. The van der Waals surface area contributed by atoms with Gasteiger partial charge in [-0.3, -0.25) is 4.79 Å². The molecule has 8 heteroatoms. The van der Waals surface area contributed by atoms with Gasteiger partial charge in [-0.2, -0.15) is 4.31 Å². The summed E-state index contributed by atoms with van der Waals surface area (Å²) >= 11 is 0. The van der Waals surface area contributed by atoms with E-state index < -0.39 is 16.1 Å². The van der Waals surface area contributed by atoms with Crippen molar-refractivity contribution in [1.82, 2.24) is 4.31 Å². The van der Waals surface area contributed by atoms with Crippen LogP contribution >= 0.6 is 0 Å². The summed E-state index contributed by atoms with van der Waals surface area (Å²) in [6.07, 6.45) is 1.46. The van der Waals surface area contributed by atoms with Crippen molar-refractivity contribution in [2.24, 2.45) is 0 Å². The summed E-state index contributed by atoms with van der Waals surface area (Å²) in [5, 5.41) is 2.79. The quantitative estimate of drug-likeness (QED) is 0.885. The molecule has 0 unspecified atom stereocenters. The van der Waals surface area contributed by atoms with Crippen LogP contribution in [0, 0.1) is 0 Å². The standard InChI is InChI=1S/C18H18N2O5S/c1-26(22,23)20-10-13-5-3-2-4-12(13)8-15(20)18(21)19-14-6-7-16-17(9-14)25-11-24-16/h2-7,9,15H,8,10-11H2,1H3,(H,19,21)/t15-/m0/s1. The normalized spacial score (nSPS) is 19.0. The van der Waals surface area contributed by atoms with Crippen LogP contribution in [0.15, 0.2) is 42.5 Å². The van der Waals surface area contributed by atoms with Gasteiger partial charge in [0.2, 0.25) is 22.7 Å².